The summed E-state index contributed by atoms with van der Waals surface area (Å²) in [5.41, 5.74) is 11.7. The Morgan fingerprint density at radius 3 is 2.81 bits per heavy atom. The van der Waals surface area contributed by atoms with Crippen molar-refractivity contribution in [3.8, 4) is 0 Å². The fourth-order valence-corrected chi connectivity index (χ4v) is 6.72. The van der Waals surface area contributed by atoms with E-state index in [0.29, 0.717) is 22.6 Å². The first-order valence-electron chi connectivity index (χ1n) is 12.0. The van der Waals surface area contributed by atoms with Gasteiger partial charge < -0.3 is 18.1 Å². The molecule has 0 aliphatic heterocycles. The van der Waals surface area contributed by atoms with Crippen LogP contribution in [0.1, 0.15) is 72.6 Å². The minimum absolute atomic E-state index is 0. The number of nitrogens with zero attached hydrogens (tertiary/aromatic N) is 4. The average molecular weight is 458 g/mol. The summed E-state index contributed by atoms with van der Waals surface area (Å²) in [5, 5.41) is 0. The molecule has 5 nitrogen and oxygen atoms in total. The molecule has 0 radical (unpaired) electrons. The van der Waals surface area contributed by atoms with Gasteiger partial charge in [0.05, 0.1) is 13.6 Å². The first kappa shape index (κ1) is 24.8. The van der Waals surface area contributed by atoms with Crippen molar-refractivity contribution in [2.24, 2.45) is 29.7 Å². The van der Waals surface area contributed by atoms with E-state index in [9.17, 15) is 0 Å². The second kappa shape index (κ2) is 9.17. The minimum Gasteiger partial charge on any atom is -1.00 e. The molecule has 2 aliphatic carbocycles. The monoisotopic (exact) mass is 457 g/mol. The summed E-state index contributed by atoms with van der Waals surface area (Å²) >= 11 is 0. The second-order valence-electron chi connectivity index (χ2n) is 10.7. The third-order valence-corrected chi connectivity index (χ3v) is 9.18. The van der Waals surface area contributed by atoms with Crippen molar-refractivity contribution in [3.05, 3.63) is 36.5 Å². The number of hydrogen-bond acceptors (Lipinski definition) is 3. The van der Waals surface area contributed by atoms with E-state index in [1.807, 2.05) is 11.6 Å². The van der Waals surface area contributed by atoms with Gasteiger partial charge >= 0.3 is 5.65 Å². The molecule has 2 fully saturated rings. The van der Waals surface area contributed by atoms with Crippen LogP contribution in [-0.2, 0) is 13.6 Å². The summed E-state index contributed by atoms with van der Waals surface area (Å²) in [6.45, 7) is 15.2. The van der Waals surface area contributed by atoms with Gasteiger partial charge in [-0.1, -0.05) is 62.4 Å². The molecule has 6 heteroatoms. The van der Waals surface area contributed by atoms with Crippen molar-refractivity contribution >= 4 is 17.0 Å². The fraction of sp³-hybridized carbons (Fsp3) is 0.654. The zero-order valence-corrected chi connectivity index (χ0v) is 21.3. The van der Waals surface area contributed by atoms with Gasteiger partial charge in [0.15, 0.2) is 18.5 Å². The number of hydrogen-bond donors (Lipinski definition) is 1. The SMILES string of the molecule is C=C1CC[C@]2(C)[C@@H](C)CCC[C@]2(C)[C@H]1CC/C(C)=C/Cn1c[n+](C)c2ncnc(N)c21.[Cl-]. The summed E-state index contributed by atoms with van der Waals surface area (Å²) in [4.78, 5) is 8.55. The Hall–Kier alpha value is -1.88. The van der Waals surface area contributed by atoms with Crippen molar-refractivity contribution < 1.29 is 17.0 Å². The predicted molar refractivity (Wildman–Crippen MR) is 127 cm³/mol. The van der Waals surface area contributed by atoms with Crippen LogP contribution in [0.5, 0.6) is 0 Å². The summed E-state index contributed by atoms with van der Waals surface area (Å²) in [5.74, 6) is 1.98. The van der Waals surface area contributed by atoms with Crippen LogP contribution in [0, 0.1) is 22.7 Å². The van der Waals surface area contributed by atoms with E-state index in [2.05, 4.69) is 61.2 Å². The number of halogens is 1. The van der Waals surface area contributed by atoms with Gasteiger partial charge in [0.1, 0.15) is 0 Å². The maximum atomic E-state index is 6.13. The lowest BCUT2D eigenvalue weighted by Gasteiger charge is -2.61. The highest BCUT2D eigenvalue weighted by atomic mass is 35.5. The number of aryl methyl sites for hydroxylation is 1. The van der Waals surface area contributed by atoms with Crippen molar-refractivity contribution in [3.63, 3.8) is 0 Å². The third kappa shape index (κ3) is 3.98. The van der Waals surface area contributed by atoms with Crippen LogP contribution < -0.4 is 22.7 Å². The zero-order valence-electron chi connectivity index (χ0n) is 20.5. The second-order valence-corrected chi connectivity index (χ2v) is 10.7. The number of fused-ring (bicyclic) bond motifs is 2. The molecule has 0 amide bonds. The Kier molecular flexibility index (Phi) is 7.09. The standard InChI is InChI=1S/C26H40N5.ClH/c1-18(12-15-31-17-30(6)24-22(31)23(27)28-16-29-24)9-10-21-19(2)11-14-25(4)20(3)8-7-13-26(21,25)5;/h12,16-17,20-21H,2,7-11,13-15H2,1,3-6H3,(H2,27,28,29);1H/q+1;/p-1/b18-12+;/t20-,21-,25+,26+;/m0./s1. The Bertz CT molecular complexity index is 1020. The lowest BCUT2D eigenvalue weighted by atomic mass is 9.43. The van der Waals surface area contributed by atoms with Crippen molar-refractivity contribution in [1.29, 1.82) is 0 Å². The van der Waals surface area contributed by atoms with Crippen LogP contribution in [0.3, 0.4) is 0 Å². The smallest absolute Gasteiger partial charge is 0.307 e. The van der Waals surface area contributed by atoms with E-state index < -0.39 is 0 Å². The van der Waals surface area contributed by atoms with Crippen molar-refractivity contribution in [2.75, 3.05) is 5.73 Å². The number of aromatic nitrogens is 4. The van der Waals surface area contributed by atoms with Crippen molar-refractivity contribution in [2.45, 2.75) is 79.2 Å². The lowest BCUT2D eigenvalue weighted by Crippen LogP contribution is -3.00. The van der Waals surface area contributed by atoms with Gasteiger partial charge in [-0.25, -0.2) is 4.57 Å². The van der Waals surface area contributed by atoms with Gasteiger partial charge in [-0.3, -0.25) is 4.57 Å². The number of allylic oxidation sites excluding steroid dienone is 3. The Balaban J connectivity index is 0.00000289. The molecule has 0 saturated heterocycles. The number of rotatable bonds is 5. The molecule has 2 aliphatic rings. The van der Waals surface area contributed by atoms with Crippen molar-refractivity contribution in [1.82, 2.24) is 14.5 Å². The molecule has 176 valence electrons. The van der Waals surface area contributed by atoms with E-state index in [1.54, 1.807) is 0 Å². The highest BCUT2D eigenvalue weighted by Crippen LogP contribution is 2.65. The lowest BCUT2D eigenvalue weighted by molar-refractivity contribution is -0.647. The summed E-state index contributed by atoms with van der Waals surface area (Å²) in [6.07, 6.45) is 14.9. The number of nitrogens with two attached hydrogens (primary N) is 1. The van der Waals surface area contributed by atoms with Gasteiger partial charge in [-0.15, -0.1) is 0 Å². The molecular weight excluding hydrogens is 418 g/mol. The largest absolute Gasteiger partial charge is 1.00 e. The molecule has 2 heterocycles. The molecule has 4 rings (SSSR count). The summed E-state index contributed by atoms with van der Waals surface area (Å²) < 4.78 is 4.16. The maximum absolute atomic E-state index is 6.13. The van der Waals surface area contributed by atoms with Crippen LogP contribution in [0.2, 0.25) is 0 Å². The van der Waals surface area contributed by atoms with E-state index in [0.717, 1.165) is 30.0 Å². The van der Waals surface area contributed by atoms with Crippen LogP contribution in [0.25, 0.3) is 11.2 Å². The molecule has 2 aromatic heterocycles. The normalized spacial score (nSPS) is 30.8. The first-order chi connectivity index (χ1) is 14.7. The van der Waals surface area contributed by atoms with Gasteiger partial charge in [-0.2, -0.15) is 4.98 Å². The van der Waals surface area contributed by atoms with Crippen LogP contribution in [0.15, 0.2) is 36.5 Å². The number of imidazole rings is 1. The topological polar surface area (TPSA) is 60.6 Å². The molecule has 4 atom stereocenters. The highest BCUT2D eigenvalue weighted by molar-refractivity contribution is 5.79. The summed E-state index contributed by atoms with van der Waals surface area (Å²) in [6, 6.07) is 0. The quantitative estimate of drug-likeness (QED) is 0.553. The predicted octanol–water partition coefficient (Wildman–Crippen LogP) is 2.37. The average Bonchev–Trinajstić information content (AvgIpc) is 3.05. The Labute approximate surface area is 199 Å². The molecule has 0 spiro atoms. The Morgan fingerprint density at radius 1 is 1.31 bits per heavy atom. The minimum atomic E-state index is 0. The van der Waals surface area contributed by atoms with E-state index >= 15 is 0 Å². The van der Waals surface area contributed by atoms with E-state index in [1.165, 1.54) is 56.0 Å². The molecular formula is C26H40ClN5. The van der Waals surface area contributed by atoms with Crippen LogP contribution >= 0.6 is 0 Å². The fourth-order valence-electron chi connectivity index (χ4n) is 6.72. The third-order valence-electron chi connectivity index (χ3n) is 9.18. The van der Waals surface area contributed by atoms with Crippen LogP contribution in [-0.4, -0.2) is 14.5 Å². The summed E-state index contributed by atoms with van der Waals surface area (Å²) in [7, 11) is 2.00. The van der Waals surface area contributed by atoms with Gasteiger partial charge in [0.25, 0.3) is 0 Å². The zero-order chi connectivity index (χ0) is 22.4. The molecule has 2 aromatic rings. The first-order valence-corrected chi connectivity index (χ1v) is 12.0. The van der Waals surface area contributed by atoms with Gasteiger partial charge in [0.2, 0.25) is 5.52 Å². The molecule has 2 saturated carbocycles. The number of nitrogen functional groups attached to an aromatic ring is 1. The number of anilines is 1. The molecule has 0 aromatic carbocycles. The van der Waals surface area contributed by atoms with E-state index in [4.69, 9.17) is 5.73 Å². The van der Waals surface area contributed by atoms with E-state index in [-0.39, 0.29) is 12.4 Å². The van der Waals surface area contributed by atoms with Crippen LogP contribution in [0.4, 0.5) is 5.82 Å². The Morgan fingerprint density at radius 2 is 2.06 bits per heavy atom. The maximum Gasteiger partial charge on any atom is 0.307 e. The van der Waals surface area contributed by atoms with Gasteiger partial charge in [0, 0.05) is 0 Å². The molecule has 2 N–H and O–H groups in total. The highest BCUT2D eigenvalue weighted by Gasteiger charge is 2.55. The molecule has 0 unspecified atom stereocenters. The van der Waals surface area contributed by atoms with Gasteiger partial charge in [-0.05, 0) is 61.7 Å². The molecule has 0 bridgehead atoms. The molecule has 32 heavy (non-hydrogen) atoms.